The molecule has 0 unspecified atom stereocenters. The molecular formula is C19H38N2O7. The molecule has 0 aliphatic rings. The van der Waals surface area contributed by atoms with E-state index in [1.807, 2.05) is 34.6 Å². The van der Waals surface area contributed by atoms with Gasteiger partial charge in [-0.25, -0.2) is 14.4 Å². The van der Waals surface area contributed by atoms with Crippen LogP contribution in [0.25, 0.3) is 0 Å². The van der Waals surface area contributed by atoms with Crippen LogP contribution in [-0.2, 0) is 18.9 Å². The van der Waals surface area contributed by atoms with Gasteiger partial charge in [0.1, 0.15) is 16.8 Å². The fourth-order valence-corrected chi connectivity index (χ4v) is 1.22. The highest BCUT2D eigenvalue weighted by atomic mass is 16.8. The zero-order chi connectivity index (χ0) is 23.0. The molecule has 0 aliphatic carbocycles. The molecule has 0 fully saturated rings. The van der Waals surface area contributed by atoms with Crippen molar-refractivity contribution in [2.45, 2.75) is 98.5 Å². The second-order valence-corrected chi connectivity index (χ2v) is 9.87. The number of carbonyl (C=O) groups excluding carboxylic acids is 3. The highest BCUT2D eigenvalue weighted by Crippen LogP contribution is 2.11. The Labute approximate surface area is 168 Å². The first-order valence-corrected chi connectivity index (χ1v) is 8.99. The van der Waals surface area contributed by atoms with Crippen molar-refractivity contribution in [3.8, 4) is 0 Å². The Hall–Kier alpha value is -2.03. The summed E-state index contributed by atoms with van der Waals surface area (Å²) in [4.78, 5) is 33.1. The van der Waals surface area contributed by atoms with E-state index in [4.69, 9.17) is 19.9 Å². The summed E-state index contributed by atoms with van der Waals surface area (Å²) in [5.74, 6) is 0. The van der Waals surface area contributed by atoms with Crippen molar-refractivity contribution < 1.29 is 33.3 Å². The Morgan fingerprint density at radius 2 is 1.00 bits per heavy atom. The molecule has 0 heterocycles. The SMILES string of the molecule is CC(C)(C)OC(=O)OC(=O)OC(C)(C)C.CC(C)(N)CNC(=O)OC(C)(C)C. The number of carbonyl (C=O) groups is 3. The first-order valence-electron chi connectivity index (χ1n) is 8.99. The first kappa shape index (κ1) is 28.2. The van der Waals surface area contributed by atoms with Crippen LogP contribution in [0.3, 0.4) is 0 Å². The summed E-state index contributed by atoms with van der Waals surface area (Å²) < 4.78 is 18.8. The lowest BCUT2D eigenvalue weighted by atomic mass is 10.1. The van der Waals surface area contributed by atoms with E-state index >= 15 is 0 Å². The quantitative estimate of drug-likeness (QED) is 0.398. The summed E-state index contributed by atoms with van der Waals surface area (Å²) >= 11 is 0. The molecule has 0 aromatic rings. The molecule has 0 saturated carbocycles. The normalized spacial score (nSPS) is 12.1. The summed E-state index contributed by atoms with van der Waals surface area (Å²) in [6.45, 7) is 19.6. The number of nitrogens with one attached hydrogen (secondary N) is 1. The third-order valence-electron chi connectivity index (χ3n) is 2.03. The number of rotatable bonds is 2. The van der Waals surface area contributed by atoms with Gasteiger partial charge < -0.3 is 30.0 Å². The molecule has 9 nitrogen and oxygen atoms in total. The summed E-state index contributed by atoms with van der Waals surface area (Å²) in [6.07, 6.45) is -2.54. The first-order chi connectivity index (χ1) is 12.1. The molecule has 166 valence electrons. The Bertz CT molecular complexity index is 492. The van der Waals surface area contributed by atoms with E-state index in [9.17, 15) is 14.4 Å². The van der Waals surface area contributed by atoms with Crippen molar-refractivity contribution >= 4 is 18.4 Å². The Morgan fingerprint density at radius 1 is 0.679 bits per heavy atom. The monoisotopic (exact) mass is 406 g/mol. The number of hydrogen-bond donors (Lipinski definition) is 2. The molecule has 0 aliphatic heterocycles. The van der Waals surface area contributed by atoms with Crippen LogP contribution in [0.4, 0.5) is 14.4 Å². The van der Waals surface area contributed by atoms with Crippen LogP contribution in [0.2, 0.25) is 0 Å². The van der Waals surface area contributed by atoms with Crippen LogP contribution < -0.4 is 11.1 Å². The van der Waals surface area contributed by atoms with Gasteiger partial charge in [-0.2, -0.15) is 0 Å². The maximum atomic E-state index is 11.1. The van der Waals surface area contributed by atoms with Crippen LogP contribution in [0, 0.1) is 0 Å². The van der Waals surface area contributed by atoms with E-state index < -0.39 is 40.7 Å². The minimum Gasteiger partial charge on any atom is -0.444 e. The van der Waals surface area contributed by atoms with E-state index in [1.54, 1.807) is 41.5 Å². The van der Waals surface area contributed by atoms with Gasteiger partial charge in [0.25, 0.3) is 0 Å². The van der Waals surface area contributed by atoms with Crippen LogP contribution in [0.1, 0.15) is 76.2 Å². The Balaban J connectivity index is 0. The third kappa shape index (κ3) is 24.0. The van der Waals surface area contributed by atoms with Gasteiger partial charge in [0.15, 0.2) is 0 Å². The number of alkyl carbamates (subject to hydrolysis) is 1. The average Bonchev–Trinajstić information content (AvgIpc) is 2.28. The summed E-state index contributed by atoms with van der Waals surface area (Å²) in [6, 6.07) is 0. The minimum absolute atomic E-state index is 0.405. The van der Waals surface area contributed by atoms with E-state index in [-0.39, 0.29) is 0 Å². The maximum absolute atomic E-state index is 11.1. The molecule has 1 amide bonds. The van der Waals surface area contributed by atoms with Crippen LogP contribution in [-0.4, -0.2) is 47.3 Å². The second-order valence-electron chi connectivity index (χ2n) is 9.87. The molecular weight excluding hydrogens is 368 g/mol. The molecule has 9 heteroatoms. The predicted octanol–water partition coefficient (Wildman–Crippen LogP) is 4.12. The zero-order valence-electron chi connectivity index (χ0n) is 19.1. The highest BCUT2D eigenvalue weighted by Gasteiger charge is 2.24. The van der Waals surface area contributed by atoms with Gasteiger partial charge in [-0.15, -0.1) is 0 Å². The fourth-order valence-electron chi connectivity index (χ4n) is 1.22. The van der Waals surface area contributed by atoms with Gasteiger partial charge in [0.2, 0.25) is 0 Å². The van der Waals surface area contributed by atoms with E-state index in [0.717, 1.165) is 0 Å². The molecule has 0 saturated heterocycles. The highest BCUT2D eigenvalue weighted by molar-refractivity contribution is 5.77. The van der Waals surface area contributed by atoms with Crippen molar-refractivity contribution in [2.75, 3.05) is 6.54 Å². The molecule has 0 aromatic heterocycles. The Morgan fingerprint density at radius 3 is 1.25 bits per heavy atom. The summed E-state index contributed by atoms with van der Waals surface area (Å²) in [5.41, 5.74) is 3.43. The smallest absolute Gasteiger partial charge is 0.444 e. The zero-order valence-corrected chi connectivity index (χ0v) is 19.1. The average molecular weight is 407 g/mol. The Kier molecular flexibility index (Phi) is 10.6. The van der Waals surface area contributed by atoms with Crippen molar-refractivity contribution in [2.24, 2.45) is 5.73 Å². The van der Waals surface area contributed by atoms with Crippen molar-refractivity contribution in [1.82, 2.24) is 5.32 Å². The molecule has 0 radical (unpaired) electrons. The molecule has 0 atom stereocenters. The van der Waals surface area contributed by atoms with Gasteiger partial charge in [-0.1, -0.05) is 0 Å². The van der Waals surface area contributed by atoms with Crippen molar-refractivity contribution in [3.05, 3.63) is 0 Å². The topological polar surface area (TPSA) is 126 Å². The fraction of sp³-hybridized carbons (Fsp3) is 0.842. The van der Waals surface area contributed by atoms with Gasteiger partial charge in [0, 0.05) is 12.1 Å². The van der Waals surface area contributed by atoms with Gasteiger partial charge in [0.05, 0.1) is 0 Å². The molecule has 0 spiro atoms. The number of ether oxygens (including phenoxy) is 4. The van der Waals surface area contributed by atoms with Crippen LogP contribution in [0.5, 0.6) is 0 Å². The lowest BCUT2D eigenvalue weighted by Crippen LogP contribution is -2.46. The van der Waals surface area contributed by atoms with Crippen molar-refractivity contribution in [3.63, 3.8) is 0 Å². The summed E-state index contributed by atoms with van der Waals surface area (Å²) in [7, 11) is 0. The van der Waals surface area contributed by atoms with Gasteiger partial charge >= 0.3 is 18.4 Å². The molecule has 0 bridgehead atoms. The standard InChI is InChI=1S/C10H18O5.C9H20N2O2/c1-9(2,3)14-7(11)13-8(12)15-10(4,5)6;1-8(2,3)13-7(12)11-6-9(4,5)10/h1-6H3;6,10H2,1-5H3,(H,11,12). The minimum atomic E-state index is -1.06. The lowest BCUT2D eigenvalue weighted by Gasteiger charge is -2.23. The van der Waals surface area contributed by atoms with Crippen LogP contribution in [0.15, 0.2) is 0 Å². The number of hydrogen-bond acceptors (Lipinski definition) is 8. The van der Waals surface area contributed by atoms with E-state index in [1.165, 1.54) is 0 Å². The van der Waals surface area contributed by atoms with E-state index in [0.29, 0.717) is 6.54 Å². The van der Waals surface area contributed by atoms with E-state index in [2.05, 4.69) is 10.1 Å². The number of amides is 1. The third-order valence-corrected chi connectivity index (χ3v) is 2.03. The molecule has 0 rings (SSSR count). The summed E-state index contributed by atoms with van der Waals surface area (Å²) in [5, 5.41) is 2.59. The second kappa shape index (κ2) is 10.5. The largest absolute Gasteiger partial charge is 0.519 e. The number of nitrogens with two attached hydrogens (primary N) is 1. The predicted molar refractivity (Wildman–Crippen MR) is 106 cm³/mol. The molecule has 3 N–H and O–H groups in total. The lowest BCUT2D eigenvalue weighted by molar-refractivity contribution is -0.0294. The maximum Gasteiger partial charge on any atom is 0.519 e. The van der Waals surface area contributed by atoms with Crippen LogP contribution >= 0.6 is 0 Å². The van der Waals surface area contributed by atoms with Gasteiger partial charge in [-0.3, -0.25) is 0 Å². The van der Waals surface area contributed by atoms with Crippen molar-refractivity contribution in [1.29, 1.82) is 0 Å². The van der Waals surface area contributed by atoms with Gasteiger partial charge in [-0.05, 0) is 76.2 Å². The molecule has 28 heavy (non-hydrogen) atoms. The molecule has 0 aromatic carbocycles.